The molecule has 20 nitrogen and oxygen atoms in total. The number of carbonyl (C=O) groups excluding carboxylic acids is 3. The van der Waals surface area contributed by atoms with Gasteiger partial charge >= 0.3 is 18.1 Å². The maximum atomic E-state index is 12.3. The number of hydrogen-bond donors (Lipinski definition) is 6. The van der Waals surface area contributed by atoms with Crippen LogP contribution in [-0.4, -0.2) is 85.4 Å². The number of nitrogens with two attached hydrogens (primary N) is 2. The van der Waals surface area contributed by atoms with Crippen LogP contribution in [0.5, 0.6) is 0 Å². The number of carboxylic acid groups (broad SMARTS) is 2. The van der Waals surface area contributed by atoms with Crippen molar-refractivity contribution in [1.82, 2.24) is 39.0 Å². The first-order valence-corrected chi connectivity index (χ1v) is 27.8. The molecule has 0 fully saturated rings. The zero-order valence-electron chi connectivity index (χ0n) is 48.6. The third-order valence-electron chi connectivity index (χ3n) is 10.6. The van der Waals surface area contributed by atoms with Gasteiger partial charge in [-0.2, -0.15) is 0 Å². The molecule has 0 aliphatic heterocycles. The molecule has 84 heavy (non-hydrogen) atoms. The number of carbonyl (C=O) groups is 4. The molecule has 8 N–H and O–H groups in total. The van der Waals surface area contributed by atoms with Crippen molar-refractivity contribution in [3.63, 3.8) is 0 Å². The number of benzene rings is 2. The van der Waals surface area contributed by atoms with Gasteiger partial charge < -0.3 is 34.8 Å². The topological polar surface area (TPSA) is 298 Å². The highest BCUT2D eigenvalue weighted by molar-refractivity contribution is 14.1. The summed E-state index contributed by atoms with van der Waals surface area (Å²) in [6.07, 6.45) is 17.5. The number of pyridine rings is 3. The molecule has 438 valence electrons. The molecular formula is C63H71IN12O8. The van der Waals surface area contributed by atoms with E-state index in [1.807, 2.05) is 113 Å². The van der Waals surface area contributed by atoms with Crippen molar-refractivity contribution in [2.45, 2.75) is 112 Å². The Bertz CT molecular complexity index is 3720. The second kappa shape index (κ2) is 33.3. The summed E-state index contributed by atoms with van der Waals surface area (Å²) in [5.41, 5.74) is 16.4. The minimum absolute atomic E-state index is 0.214. The first kappa shape index (κ1) is 66.9. The lowest BCUT2D eigenvalue weighted by Crippen LogP contribution is -2.72. The Balaban J connectivity index is 0.000000237. The Hall–Kier alpha value is -9.61. The van der Waals surface area contributed by atoms with E-state index in [9.17, 15) is 14.4 Å². The van der Waals surface area contributed by atoms with Crippen molar-refractivity contribution in [2.24, 2.45) is 11.5 Å². The van der Waals surface area contributed by atoms with Crippen LogP contribution in [0.4, 0.5) is 31.7 Å². The lowest BCUT2D eigenvalue weighted by Gasteiger charge is -2.19. The fourth-order valence-electron chi connectivity index (χ4n) is 7.22. The number of guanidine groups is 1. The fourth-order valence-corrected chi connectivity index (χ4v) is 7.92. The summed E-state index contributed by atoms with van der Waals surface area (Å²) in [4.78, 5) is 73.2. The molecule has 7 aromatic heterocycles. The van der Waals surface area contributed by atoms with Gasteiger partial charge in [0.1, 0.15) is 28.1 Å². The number of aryl methyl sites for hydroxylation is 1. The van der Waals surface area contributed by atoms with Gasteiger partial charge in [0.2, 0.25) is 17.9 Å². The molecule has 0 bridgehead atoms. The second-order valence-electron chi connectivity index (χ2n) is 19.9. The van der Waals surface area contributed by atoms with Crippen LogP contribution in [0.1, 0.15) is 110 Å². The molecule has 0 amide bonds. The molecule has 9 rings (SSSR count). The minimum Gasteiger partial charge on any atom is -0.565 e. The number of aromatic nitrogens is 8. The monoisotopic (exact) mass is 1250 g/mol. The number of nitrogens with zero attached hydrogens (tertiary/aromatic N) is 7. The molecular weight excluding hydrogens is 1180 g/mol. The highest BCUT2D eigenvalue weighted by atomic mass is 127. The Kier molecular flexibility index (Phi) is 26.6. The largest absolute Gasteiger partial charge is 0.565 e. The minimum atomic E-state index is -2.08. The molecule has 0 unspecified atom stereocenters. The van der Waals surface area contributed by atoms with Gasteiger partial charge in [0.15, 0.2) is 0 Å². The van der Waals surface area contributed by atoms with E-state index >= 15 is 0 Å². The normalized spacial score (nSPS) is 10.3. The Morgan fingerprint density at radius 1 is 0.738 bits per heavy atom. The number of Topliss-reactive ketones (excluding diaryl/α,β-unsaturated/α-hetero) is 1. The third kappa shape index (κ3) is 22.4. The summed E-state index contributed by atoms with van der Waals surface area (Å²) >= 11 is 2.18. The zero-order valence-corrected chi connectivity index (χ0v) is 50.7. The molecule has 0 radical (unpaired) electrons. The number of nitrogens with one attached hydrogen (secondary N) is 3. The lowest BCUT2D eigenvalue weighted by molar-refractivity contribution is -0.356. The molecule has 0 saturated heterocycles. The smallest absolute Gasteiger partial charge is 0.420 e. The van der Waals surface area contributed by atoms with Crippen molar-refractivity contribution < 1.29 is 43.9 Å². The van der Waals surface area contributed by atoms with E-state index in [2.05, 4.69) is 102 Å². The van der Waals surface area contributed by atoms with Crippen LogP contribution in [0, 0.1) is 27.8 Å². The van der Waals surface area contributed by atoms with Crippen LogP contribution in [0.25, 0.3) is 44.4 Å². The molecule has 0 aliphatic rings. The van der Waals surface area contributed by atoms with Gasteiger partial charge in [0.25, 0.3) is 0 Å². The number of rotatable bonds is 9. The number of aromatic amines is 1. The quantitative estimate of drug-likeness (QED) is 0.0195. The average molecular weight is 1250 g/mol. The van der Waals surface area contributed by atoms with Crippen molar-refractivity contribution in [1.29, 1.82) is 0 Å². The highest BCUT2D eigenvalue weighted by Gasteiger charge is 2.24. The number of para-hydroxylation sites is 2. The number of ketones is 1. The van der Waals surface area contributed by atoms with Gasteiger partial charge in [-0.25, -0.2) is 48.6 Å². The van der Waals surface area contributed by atoms with E-state index < -0.39 is 29.5 Å². The summed E-state index contributed by atoms with van der Waals surface area (Å²) in [6, 6.07) is 32.8. The summed E-state index contributed by atoms with van der Waals surface area (Å²) in [6.45, 7) is 17.1. The predicted octanol–water partition coefficient (Wildman–Crippen LogP) is 10.9. The number of ether oxygens (including phenoxy) is 2. The summed E-state index contributed by atoms with van der Waals surface area (Å²) < 4.78 is 14.4. The molecule has 0 saturated carbocycles. The van der Waals surface area contributed by atoms with E-state index in [-0.39, 0.29) is 11.7 Å². The number of anilines is 2. The maximum absolute atomic E-state index is 12.3. The van der Waals surface area contributed by atoms with Crippen LogP contribution in [-0.2, 0) is 15.9 Å². The Morgan fingerprint density at radius 3 is 1.81 bits per heavy atom. The first-order chi connectivity index (χ1) is 40.0. The highest BCUT2D eigenvalue weighted by Crippen LogP contribution is 2.29. The summed E-state index contributed by atoms with van der Waals surface area (Å²) in [5.74, 6) is 8.47. The van der Waals surface area contributed by atoms with Crippen LogP contribution in [0.2, 0.25) is 0 Å². The number of unbranched alkanes of at least 4 members (excludes halogenated alkanes) is 2. The molecule has 0 spiro atoms. The lowest BCUT2D eigenvalue weighted by atomic mass is 10.1. The van der Waals surface area contributed by atoms with Gasteiger partial charge in [0, 0.05) is 86.7 Å². The molecule has 21 heteroatoms. The third-order valence-corrected chi connectivity index (χ3v) is 11.4. The molecule has 2 aromatic carbocycles. The Morgan fingerprint density at radius 2 is 1.27 bits per heavy atom. The number of halogens is 1. The van der Waals surface area contributed by atoms with Gasteiger partial charge in [-0.05, 0) is 156 Å². The SMILES string of the molecule is C#CCCC.CC(C)(C)OC(=O)n1cc(I)c2cccnc21.CCCC#CC(=O)c1cn(C(=O)OC(C)(C)C)c2ncccc12.CCCc1cc(-c2c[nH]c3ncccc23)nc(Nc2ccccc2)n1.NC(N)=[NH+]c1ccccc1.O=C([O-])O. The van der Waals surface area contributed by atoms with Crippen LogP contribution in [0.3, 0.4) is 0 Å². The van der Waals surface area contributed by atoms with Gasteiger partial charge in [-0.3, -0.25) is 16.3 Å². The zero-order chi connectivity index (χ0) is 61.8. The van der Waals surface area contributed by atoms with Gasteiger partial charge in [-0.1, -0.05) is 69.5 Å². The van der Waals surface area contributed by atoms with Crippen LogP contribution < -0.4 is 26.9 Å². The van der Waals surface area contributed by atoms with Gasteiger partial charge in [-0.15, -0.1) is 12.3 Å². The van der Waals surface area contributed by atoms with E-state index in [1.54, 1.807) is 57.7 Å². The molecule has 9 aromatic rings. The number of fused-ring (bicyclic) bond motifs is 3. The van der Waals surface area contributed by atoms with E-state index in [4.69, 9.17) is 47.4 Å². The number of terminal acetylenes is 1. The first-order valence-electron chi connectivity index (χ1n) is 26.7. The number of H-pyrrole nitrogens is 1. The van der Waals surface area contributed by atoms with E-state index in [1.165, 1.54) is 15.3 Å². The van der Waals surface area contributed by atoms with Crippen molar-refractivity contribution in [3.8, 4) is 35.4 Å². The predicted molar refractivity (Wildman–Crippen MR) is 336 cm³/mol. The van der Waals surface area contributed by atoms with E-state index in [0.29, 0.717) is 34.6 Å². The van der Waals surface area contributed by atoms with Crippen molar-refractivity contribution in [3.05, 3.63) is 155 Å². The molecule has 0 atom stereocenters. The van der Waals surface area contributed by atoms with E-state index in [0.717, 1.165) is 80.4 Å². The van der Waals surface area contributed by atoms with Crippen LogP contribution in [0.15, 0.2) is 140 Å². The second-order valence-corrected chi connectivity index (χ2v) is 21.1. The van der Waals surface area contributed by atoms with Crippen molar-refractivity contribution in [2.75, 3.05) is 5.32 Å². The Labute approximate surface area is 502 Å². The maximum Gasteiger partial charge on any atom is 0.420 e. The number of hydrogen-bond acceptors (Lipinski definition) is 13. The summed E-state index contributed by atoms with van der Waals surface area (Å²) in [5, 5.41) is 21.2. The standard InChI is InChI=1S/C20H19N5.C18H20N2O3.C12H13IN2O2.C7H9N3.C5H8.CH2O3/c1-2-7-15-12-18(17-13-22-19-16(17)10-6-11-21-19)25-20(24-15)23-14-8-4-3-5-9-14;1-5-6-7-10-15(21)14-12-20(17(22)23-18(2,3)4)16-13(14)9-8-11-19-16;1-12(2,3)17-11(16)15-7-9(13)8-5-4-6-14-10(8)15;8-7(9)10-6-4-2-1-3-5-6;1-3-5-4-2;2-1(3)4/h3-6,8-13H,2,7H2,1H3,(H,21,22)(H,23,24,25);8-9,11-12H,5-6H2,1-4H3;4-7H,1-3H3;1-5H,(H4,8,9,10);1H,4-5H2,2H3;(H2,2,3,4). The molecule has 7 heterocycles. The summed E-state index contributed by atoms with van der Waals surface area (Å²) in [7, 11) is 0. The van der Waals surface area contributed by atoms with Gasteiger partial charge in [0.05, 0.1) is 16.9 Å². The van der Waals surface area contributed by atoms with Crippen LogP contribution >= 0.6 is 22.6 Å². The fraction of sp³-hybridized carbons (Fsp3) is 0.270. The molecule has 0 aliphatic carbocycles. The van der Waals surface area contributed by atoms with Crippen molar-refractivity contribution >= 4 is 103 Å². The average Bonchev–Trinajstić information content (AvgIpc) is 2.94.